The third-order valence-corrected chi connectivity index (χ3v) is 2.89. The third-order valence-electron chi connectivity index (χ3n) is 2.89. The van der Waals surface area contributed by atoms with Crippen molar-refractivity contribution < 1.29 is 4.74 Å². The molecule has 5 heteroatoms. The second kappa shape index (κ2) is 10.8. The van der Waals surface area contributed by atoms with Gasteiger partial charge in [-0.1, -0.05) is 31.2 Å². The van der Waals surface area contributed by atoms with Crippen LogP contribution in [0.3, 0.4) is 0 Å². The number of hydrogen-bond acceptors (Lipinski definition) is 2. The minimum absolute atomic E-state index is 0. The maximum Gasteiger partial charge on any atom is 0.191 e. The molecule has 1 rings (SSSR count). The summed E-state index contributed by atoms with van der Waals surface area (Å²) in [5.41, 5.74) is 2.46. The Morgan fingerprint density at radius 1 is 1.18 bits per heavy atom. The molecule has 1 aromatic rings. The maximum absolute atomic E-state index is 5.65. The van der Waals surface area contributed by atoms with Crippen LogP contribution in [0.2, 0.25) is 0 Å². The summed E-state index contributed by atoms with van der Waals surface area (Å²) in [6.45, 7) is 10.7. The summed E-state index contributed by atoms with van der Waals surface area (Å²) in [4.78, 5) is 4.26. The van der Waals surface area contributed by atoms with Gasteiger partial charge in [-0.05, 0) is 38.3 Å². The molecule has 126 valence electrons. The molecule has 0 unspecified atom stereocenters. The zero-order chi connectivity index (χ0) is 15.7. The topological polar surface area (TPSA) is 45.6 Å². The number of guanidine groups is 1. The SMILES string of the molecule is CCCOCc1ccccc1CNC(=NC)NC(C)(C)C.I. The summed E-state index contributed by atoms with van der Waals surface area (Å²) >= 11 is 0. The van der Waals surface area contributed by atoms with Crippen LogP contribution in [0.25, 0.3) is 0 Å². The van der Waals surface area contributed by atoms with Gasteiger partial charge in [-0.25, -0.2) is 0 Å². The van der Waals surface area contributed by atoms with E-state index in [0.29, 0.717) is 6.61 Å². The highest BCUT2D eigenvalue weighted by atomic mass is 127. The fraction of sp³-hybridized carbons (Fsp3) is 0.588. The largest absolute Gasteiger partial charge is 0.377 e. The molecular weight excluding hydrogens is 389 g/mol. The first-order chi connectivity index (χ1) is 9.96. The second-order valence-corrected chi connectivity index (χ2v) is 6.12. The smallest absolute Gasteiger partial charge is 0.191 e. The molecule has 0 aliphatic rings. The molecule has 0 bridgehead atoms. The molecule has 0 heterocycles. The highest BCUT2D eigenvalue weighted by molar-refractivity contribution is 14.0. The van der Waals surface area contributed by atoms with Crippen molar-refractivity contribution >= 4 is 29.9 Å². The molecule has 1 aromatic carbocycles. The summed E-state index contributed by atoms with van der Waals surface area (Å²) in [5.74, 6) is 0.812. The first-order valence-corrected chi connectivity index (χ1v) is 7.59. The van der Waals surface area contributed by atoms with E-state index in [1.54, 1.807) is 7.05 Å². The highest BCUT2D eigenvalue weighted by Crippen LogP contribution is 2.10. The minimum atomic E-state index is -0.00834. The van der Waals surface area contributed by atoms with Crippen LogP contribution < -0.4 is 10.6 Å². The van der Waals surface area contributed by atoms with Gasteiger partial charge in [0.15, 0.2) is 5.96 Å². The lowest BCUT2D eigenvalue weighted by Crippen LogP contribution is -2.47. The Kier molecular flexibility index (Phi) is 10.4. The van der Waals surface area contributed by atoms with E-state index in [9.17, 15) is 0 Å². The van der Waals surface area contributed by atoms with E-state index in [0.717, 1.165) is 25.5 Å². The first-order valence-electron chi connectivity index (χ1n) is 7.59. The average molecular weight is 419 g/mol. The predicted octanol–water partition coefficient (Wildman–Crippen LogP) is 3.69. The Morgan fingerprint density at radius 2 is 1.82 bits per heavy atom. The number of hydrogen-bond donors (Lipinski definition) is 2. The number of rotatable bonds is 6. The quantitative estimate of drug-likeness (QED) is 0.320. The molecule has 0 saturated heterocycles. The maximum atomic E-state index is 5.65. The Hall–Kier alpha value is -0.820. The lowest BCUT2D eigenvalue weighted by atomic mass is 10.1. The van der Waals surface area contributed by atoms with Crippen molar-refractivity contribution in [2.45, 2.75) is 52.8 Å². The molecule has 0 amide bonds. The van der Waals surface area contributed by atoms with Crippen molar-refractivity contribution in [3.63, 3.8) is 0 Å². The monoisotopic (exact) mass is 419 g/mol. The minimum Gasteiger partial charge on any atom is -0.377 e. The van der Waals surface area contributed by atoms with E-state index >= 15 is 0 Å². The molecular formula is C17H30IN3O. The normalized spacial score (nSPS) is 11.8. The fourth-order valence-corrected chi connectivity index (χ4v) is 1.91. The van der Waals surface area contributed by atoms with Crippen molar-refractivity contribution in [1.82, 2.24) is 10.6 Å². The van der Waals surface area contributed by atoms with Crippen molar-refractivity contribution in [2.75, 3.05) is 13.7 Å². The predicted molar refractivity (Wildman–Crippen MR) is 105 cm³/mol. The van der Waals surface area contributed by atoms with Gasteiger partial charge in [0.1, 0.15) is 0 Å². The standard InChI is InChI=1S/C17H29N3O.HI/c1-6-11-21-13-15-10-8-7-9-14(15)12-19-16(18-5)20-17(2,3)4;/h7-10H,6,11-13H2,1-5H3,(H2,18,19,20);1H. The summed E-state index contributed by atoms with van der Waals surface area (Å²) < 4.78 is 5.65. The Balaban J connectivity index is 0.00000441. The average Bonchev–Trinajstić information content (AvgIpc) is 2.43. The fourth-order valence-electron chi connectivity index (χ4n) is 1.91. The van der Waals surface area contributed by atoms with Gasteiger partial charge in [-0.15, -0.1) is 24.0 Å². The van der Waals surface area contributed by atoms with Gasteiger partial charge in [-0.2, -0.15) is 0 Å². The van der Waals surface area contributed by atoms with Crippen LogP contribution in [0.15, 0.2) is 29.3 Å². The van der Waals surface area contributed by atoms with Crippen LogP contribution >= 0.6 is 24.0 Å². The van der Waals surface area contributed by atoms with Crippen LogP contribution in [0, 0.1) is 0 Å². The zero-order valence-corrected chi connectivity index (χ0v) is 16.7. The number of benzene rings is 1. The molecule has 2 N–H and O–H groups in total. The van der Waals surface area contributed by atoms with Crippen LogP contribution in [-0.2, 0) is 17.9 Å². The highest BCUT2D eigenvalue weighted by Gasteiger charge is 2.12. The third kappa shape index (κ3) is 8.58. The van der Waals surface area contributed by atoms with Gasteiger partial charge in [0.25, 0.3) is 0 Å². The number of ether oxygens (including phenoxy) is 1. The molecule has 0 atom stereocenters. The Labute approximate surface area is 152 Å². The number of nitrogens with zero attached hydrogens (tertiary/aromatic N) is 1. The molecule has 4 nitrogen and oxygen atoms in total. The molecule has 0 fully saturated rings. The van der Waals surface area contributed by atoms with Crippen LogP contribution in [0.4, 0.5) is 0 Å². The van der Waals surface area contributed by atoms with E-state index in [1.807, 2.05) is 0 Å². The van der Waals surface area contributed by atoms with Crippen molar-refractivity contribution in [3.05, 3.63) is 35.4 Å². The van der Waals surface area contributed by atoms with Gasteiger partial charge in [0.05, 0.1) is 6.61 Å². The summed E-state index contributed by atoms with van der Waals surface area (Å²) in [6, 6.07) is 8.35. The Morgan fingerprint density at radius 3 is 2.36 bits per heavy atom. The van der Waals surface area contributed by atoms with Crippen LogP contribution in [-0.4, -0.2) is 25.2 Å². The first kappa shape index (κ1) is 21.2. The molecule has 0 aliphatic carbocycles. The lowest BCUT2D eigenvalue weighted by molar-refractivity contribution is 0.121. The van der Waals surface area contributed by atoms with Gasteiger partial charge >= 0.3 is 0 Å². The number of halogens is 1. The number of aliphatic imine (C=N–C) groups is 1. The molecule has 0 radical (unpaired) electrons. The zero-order valence-electron chi connectivity index (χ0n) is 14.4. The molecule has 0 saturated carbocycles. The van der Waals surface area contributed by atoms with E-state index in [1.165, 1.54) is 11.1 Å². The van der Waals surface area contributed by atoms with E-state index < -0.39 is 0 Å². The van der Waals surface area contributed by atoms with Gasteiger partial charge < -0.3 is 15.4 Å². The molecule has 0 aromatic heterocycles. The van der Waals surface area contributed by atoms with Gasteiger partial charge in [0.2, 0.25) is 0 Å². The van der Waals surface area contributed by atoms with Gasteiger partial charge in [-0.3, -0.25) is 4.99 Å². The van der Waals surface area contributed by atoms with E-state index in [2.05, 4.69) is 67.6 Å². The molecule has 22 heavy (non-hydrogen) atoms. The summed E-state index contributed by atoms with van der Waals surface area (Å²) in [7, 11) is 1.79. The molecule has 0 aliphatic heterocycles. The number of nitrogens with one attached hydrogen (secondary N) is 2. The van der Waals surface area contributed by atoms with Crippen molar-refractivity contribution in [2.24, 2.45) is 4.99 Å². The van der Waals surface area contributed by atoms with E-state index in [-0.39, 0.29) is 29.5 Å². The van der Waals surface area contributed by atoms with Gasteiger partial charge in [0, 0.05) is 25.7 Å². The Bertz CT molecular complexity index is 455. The lowest BCUT2D eigenvalue weighted by Gasteiger charge is -2.24. The molecule has 0 spiro atoms. The van der Waals surface area contributed by atoms with Crippen molar-refractivity contribution in [1.29, 1.82) is 0 Å². The van der Waals surface area contributed by atoms with Crippen LogP contribution in [0.5, 0.6) is 0 Å². The van der Waals surface area contributed by atoms with Crippen molar-refractivity contribution in [3.8, 4) is 0 Å². The van der Waals surface area contributed by atoms with Crippen LogP contribution in [0.1, 0.15) is 45.2 Å². The second-order valence-electron chi connectivity index (χ2n) is 6.12. The summed E-state index contributed by atoms with van der Waals surface area (Å²) in [6.07, 6.45) is 1.04. The van der Waals surface area contributed by atoms with E-state index in [4.69, 9.17) is 4.74 Å². The summed E-state index contributed by atoms with van der Waals surface area (Å²) in [5, 5.41) is 6.71.